The number of carbonyl (C=O) groups is 1. The highest BCUT2D eigenvalue weighted by Gasteiger charge is 2.47. The van der Waals surface area contributed by atoms with Crippen LogP contribution in [0.2, 0.25) is 5.02 Å². The van der Waals surface area contributed by atoms with E-state index in [4.69, 9.17) is 11.6 Å². The SMILES string of the molecule is CC1CCCC(C)N1C(=O)c1cc2n(n1)C(C(F)(F)F)CC(c1ccc(Cl)cc1)N2. The predicted molar refractivity (Wildman–Crippen MR) is 109 cm³/mol. The van der Waals surface area contributed by atoms with Crippen LogP contribution in [0.15, 0.2) is 30.3 Å². The van der Waals surface area contributed by atoms with Crippen LogP contribution >= 0.6 is 11.6 Å². The summed E-state index contributed by atoms with van der Waals surface area (Å²) >= 11 is 5.91. The Morgan fingerprint density at radius 1 is 1.17 bits per heavy atom. The summed E-state index contributed by atoms with van der Waals surface area (Å²) < 4.78 is 42.5. The van der Waals surface area contributed by atoms with Crippen LogP contribution in [0.1, 0.15) is 67.7 Å². The number of hydrogen-bond acceptors (Lipinski definition) is 3. The molecule has 1 saturated heterocycles. The minimum absolute atomic E-state index is 0.0353. The summed E-state index contributed by atoms with van der Waals surface area (Å²) in [4.78, 5) is 14.9. The molecular weight excluding hydrogens is 417 g/mol. The van der Waals surface area contributed by atoms with E-state index in [2.05, 4.69) is 10.4 Å². The van der Waals surface area contributed by atoms with Gasteiger partial charge in [-0.1, -0.05) is 23.7 Å². The predicted octanol–water partition coefficient (Wildman–Crippen LogP) is 5.60. The average molecular weight is 441 g/mol. The minimum atomic E-state index is -4.49. The smallest absolute Gasteiger partial charge is 0.363 e. The fraction of sp³-hybridized carbons (Fsp3) is 0.524. The Morgan fingerprint density at radius 3 is 2.40 bits per heavy atom. The van der Waals surface area contributed by atoms with E-state index in [1.165, 1.54) is 6.07 Å². The number of likely N-dealkylation sites (tertiary alicyclic amines) is 1. The number of carbonyl (C=O) groups excluding carboxylic acids is 1. The number of anilines is 1. The Morgan fingerprint density at radius 2 is 1.80 bits per heavy atom. The van der Waals surface area contributed by atoms with E-state index in [1.807, 2.05) is 13.8 Å². The molecule has 1 amide bonds. The Balaban J connectivity index is 1.68. The van der Waals surface area contributed by atoms with Crippen molar-refractivity contribution in [1.29, 1.82) is 0 Å². The van der Waals surface area contributed by atoms with Crippen LogP contribution in [0.25, 0.3) is 0 Å². The molecule has 4 rings (SSSR count). The Kier molecular flexibility index (Phi) is 5.46. The van der Waals surface area contributed by atoms with Crippen LogP contribution in [-0.2, 0) is 0 Å². The van der Waals surface area contributed by atoms with E-state index in [-0.39, 0.29) is 35.9 Å². The van der Waals surface area contributed by atoms with Gasteiger partial charge in [0, 0.05) is 29.6 Å². The number of rotatable bonds is 2. The van der Waals surface area contributed by atoms with Gasteiger partial charge in [0.05, 0.1) is 6.04 Å². The molecule has 1 aromatic carbocycles. The number of nitrogens with zero attached hydrogens (tertiary/aromatic N) is 3. The number of hydrogen-bond donors (Lipinski definition) is 1. The second-order valence-electron chi connectivity index (χ2n) is 8.24. The molecule has 0 spiro atoms. The molecule has 0 bridgehead atoms. The van der Waals surface area contributed by atoms with E-state index in [9.17, 15) is 18.0 Å². The lowest BCUT2D eigenvalue weighted by atomic mass is 9.97. The molecule has 3 heterocycles. The van der Waals surface area contributed by atoms with Crippen LogP contribution in [0.4, 0.5) is 19.0 Å². The van der Waals surface area contributed by atoms with Crippen LogP contribution in [0.5, 0.6) is 0 Å². The van der Waals surface area contributed by atoms with Gasteiger partial charge in [-0.15, -0.1) is 0 Å². The van der Waals surface area contributed by atoms with Crippen molar-refractivity contribution in [2.75, 3.05) is 5.32 Å². The highest BCUT2D eigenvalue weighted by atomic mass is 35.5. The maximum Gasteiger partial charge on any atom is 0.410 e. The second kappa shape index (κ2) is 7.80. The molecule has 0 aliphatic carbocycles. The van der Waals surface area contributed by atoms with E-state index >= 15 is 0 Å². The Bertz CT molecular complexity index is 917. The van der Waals surface area contributed by atoms with E-state index in [0.29, 0.717) is 10.6 Å². The fourth-order valence-electron chi connectivity index (χ4n) is 4.55. The lowest BCUT2D eigenvalue weighted by Gasteiger charge is -2.38. The van der Waals surface area contributed by atoms with Gasteiger partial charge in [-0.2, -0.15) is 18.3 Å². The number of piperidine rings is 1. The summed E-state index contributed by atoms with van der Waals surface area (Å²) in [6.45, 7) is 3.94. The number of fused-ring (bicyclic) bond motifs is 1. The van der Waals surface area contributed by atoms with Crippen LogP contribution < -0.4 is 5.32 Å². The third kappa shape index (κ3) is 3.89. The molecule has 5 nitrogen and oxygen atoms in total. The van der Waals surface area contributed by atoms with Crippen molar-refractivity contribution >= 4 is 23.3 Å². The molecule has 4 unspecified atom stereocenters. The molecule has 1 aromatic heterocycles. The maximum atomic E-state index is 13.9. The number of aromatic nitrogens is 2. The molecule has 2 aliphatic rings. The van der Waals surface area contributed by atoms with Gasteiger partial charge in [-0.25, -0.2) is 4.68 Å². The van der Waals surface area contributed by atoms with Crippen LogP contribution in [0.3, 0.4) is 0 Å². The Hall–Kier alpha value is -2.22. The van der Waals surface area contributed by atoms with Crippen molar-refractivity contribution in [2.24, 2.45) is 0 Å². The zero-order valence-corrected chi connectivity index (χ0v) is 17.5. The third-order valence-corrected chi connectivity index (χ3v) is 6.36. The molecule has 30 heavy (non-hydrogen) atoms. The molecule has 0 radical (unpaired) electrons. The first-order chi connectivity index (χ1) is 14.1. The van der Waals surface area contributed by atoms with Gasteiger partial charge < -0.3 is 10.2 Å². The summed E-state index contributed by atoms with van der Waals surface area (Å²) in [6.07, 6.45) is -1.91. The van der Waals surface area contributed by atoms with Gasteiger partial charge in [0.2, 0.25) is 0 Å². The van der Waals surface area contributed by atoms with Gasteiger partial charge in [0.15, 0.2) is 11.7 Å². The van der Waals surface area contributed by atoms with E-state index in [1.54, 1.807) is 29.2 Å². The highest BCUT2D eigenvalue weighted by Crippen LogP contribution is 2.44. The molecule has 4 atom stereocenters. The highest BCUT2D eigenvalue weighted by molar-refractivity contribution is 6.30. The molecule has 2 aromatic rings. The van der Waals surface area contributed by atoms with Crippen molar-refractivity contribution in [3.05, 3.63) is 46.6 Å². The summed E-state index contributed by atoms with van der Waals surface area (Å²) in [6, 6.07) is 5.87. The monoisotopic (exact) mass is 440 g/mol. The zero-order chi connectivity index (χ0) is 21.6. The van der Waals surface area contributed by atoms with Gasteiger partial charge in [-0.05, 0) is 50.8 Å². The van der Waals surface area contributed by atoms with Crippen molar-refractivity contribution in [1.82, 2.24) is 14.7 Å². The van der Waals surface area contributed by atoms with Gasteiger partial charge in [-0.3, -0.25) is 4.79 Å². The molecule has 2 aliphatic heterocycles. The lowest BCUT2D eigenvalue weighted by molar-refractivity contribution is -0.173. The van der Waals surface area contributed by atoms with Crippen molar-refractivity contribution in [3.8, 4) is 0 Å². The topological polar surface area (TPSA) is 50.2 Å². The Labute approximate surface area is 178 Å². The minimum Gasteiger partial charge on any atom is -0.363 e. The van der Waals surface area contributed by atoms with Crippen molar-refractivity contribution in [2.45, 2.75) is 69.9 Å². The summed E-state index contributed by atoms with van der Waals surface area (Å²) in [7, 11) is 0. The standard InChI is InChI=1S/C21H24ClF3N4O/c1-12-4-3-5-13(2)28(12)20(30)17-11-19-26-16(14-6-8-15(22)9-7-14)10-18(21(23,24)25)29(19)27-17/h6-9,11-13,16,18,26H,3-5,10H2,1-2H3. The largest absolute Gasteiger partial charge is 0.410 e. The normalized spacial score (nSPS) is 26.8. The van der Waals surface area contributed by atoms with E-state index < -0.39 is 18.3 Å². The van der Waals surface area contributed by atoms with Gasteiger partial charge in [0.25, 0.3) is 5.91 Å². The quantitative estimate of drug-likeness (QED) is 0.661. The molecule has 162 valence electrons. The van der Waals surface area contributed by atoms with Crippen molar-refractivity contribution in [3.63, 3.8) is 0 Å². The number of nitrogens with one attached hydrogen (secondary N) is 1. The van der Waals surface area contributed by atoms with Crippen molar-refractivity contribution < 1.29 is 18.0 Å². The van der Waals surface area contributed by atoms with E-state index in [0.717, 1.165) is 23.9 Å². The third-order valence-electron chi connectivity index (χ3n) is 6.11. The number of amides is 1. The molecule has 1 N–H and O–H groups in total. The first-order valence-corrected chi connectivity index (χ1v) is 10.5. The second-order valence-corrected chi connectivity index (χ2v) is 8.68. The zero-order valence-electron chi connectivity index (χ0n) is 16.8. The van der Waals surface area contributed by atoms with Gasteiger partial charge >= 0.3 is 6.18 Å². The van der Waals surface area contributed by atoms with Crippen LogP contribution in [-0.4, -0.2) is 38.8 Å². The first kappa shape index (κ1) is 21.0. The maximum absolute atomic E-state index is 13.9. The summed E-state index contributed by atoms with van der Waals surface area (Å²) in [5, 5.41) is 7.75. The van der Waals surface area contributed by atoms with Crippen LogP contribution in [0, 0.1) is 0 Å². The number of benzene rings is 1. The lowest BCUT2D eigenvalue weighted by Crippen LogP contribution is -2.47. The molecule has 9 heteroatoms. The number of alkyl halides is 3. The number of halogens is 4. The summed E-state index contributed by atoms with van der Waals surface area (Å²) in [5.41, 5.74) is 0.747. The molecule has 0 saturated carbocycles. The molecular formula is C21H24ClF3N4O. The van der Waals surface area contributed by atoms with Gasteiger partial charge in [0.1, 0.15) is 5.82 Å². The summed E-state index contributed by atoms with van der Waals surface area (Å²) in [5.74, 6) is -0.119. The first-order valence-electron chi connectivity index (χ1n) is 10.2. The fourth-order valence-corrected chi connectivity index (χ4v) is 4.67. The average Bonchev–Trinajstić information content (AvgIpc) is 3.11. The molecule has 1 fully saturated rings.